The molecule has 2 atom stereocenters. The summed E-state index contributed by atoms with van der Waals surface area (Å²) in [5, 5.41) is 12.6. The van der Waals surface area contributed by atoms with E-state index < -0.39 is 0 Å². The number of hydrogen-bond donors (Lipinski definition) is 0. The number of aryl methyl sites for hydroxylation is 2. The number of rotatable bonds is 6. The van der Waals surface area contributed by atoms with Gasteiger partial charge in [0.25, 0.3) is 0 Å². The SMILES string of the molecule is Fc1ccccc1[C@H](c1nnnn1CCc1ccccc1)N1CCN2CCC[C@@H]2C1. The number of nitrogens with zero attached hydrogens (tertiary/aromatic N) is 6. The van der Waals surface area contributed by atoms with Crippen molar-refractivity contribution < 1.29 is 4.39 Å². The van der Waals surface area contributed by atoms with Crippen LogP contribution in [0.3, 0.4) is 0 Å². The van der Waals surface area contributed by atoms with Gasteiger partial charge < -0.3 is 0 Å². The second-order valence-electron chi connectivity index (χ2n) is 8.25. The average Bonchev–Trinajstić information content (AvgIpc) is 3.44. The molecular weight excluding hydrogens is 379 g/mol. The highest BCUT2D eigenvalue weighted by molar-refractivity contribution is 5.27. The summed E-state index contributed by atoms with van der Waals surface area (Å²) >= 11 is 0. The molecule has 1 aromatic heterocycles. The lowest BCUT2D eigenvalue weighted by Crippen LogP contribution is -2.51. The van der Waals surface area contributed by atoms with Gasteiger partial charge >= 0.3 is 0 Å². The average molecular weight is 407 g/mol. The van der Waals surface area contributed by atoms with Gasteiger partial charge in [0.2, 0.25) is 0 Å². The predicted molar refractivity (Wildman–Crippen MR) is 112 cm³/mol. The summed E-state index contributed by atoms with van der Waals surface area (Å²) < 4.78 is 16.8. The predicted octanol–water partition coefficient (Wildman–Crippen LogP) is 2.92. The Bertz CT molecular complexity index is 975. The molecular formula is C23H27FN6. The van der Waals surface area contributed by atoms with E-state index in [4.69, 9.17) is 0 Å². The van der Waals surface area contributed by atoms with Crippen molar-refractivity contribution in [2.24, 2.45) is 0 Å². The summed E-state index contributed by atoms with van der Waals surface area (Å²) in [6.45, 7) is 4.67. The van der Waals surface area contributed by atoms with E-state index in [1.807, 2.05) is 35.0 Å². The number of hydrogen-bond acceptors (Lipinski definition) is 5. The van der Waals surface area contributed by atoms with Gasteiger partial charge in [-0.2, -0.15) is 0 Å². The summed E-state index contributed by atoms with van der Waals surface area (Å²) in [5.41, 5.74) is 1.89. The van der Waals surface area contributed by atoms with Crippen LogP contribution in [0, 0.1) is 5.82 Å². The number of tetrazole rings is 1. The standard InChI is InChI=1S/C23H27FN6/c24-21-11-5-4-10-20(21)22(29-16-15-28-13-6-9-19(28)17-29)23-25-26-27-30(23)14-12-18-7-2-1-3-8-18/h1-5,7-8,10-11,19,22H,6,9,12-17H2/t19-,22-/m1/s1. The smallest absolute Gasteiger partial charge is 0.173 e. The van der Waals surface area contributed by atoms with E-state index >= 15 is 0 Å². The van der Waals surface area contributed by atoms with Gasteiger partial charge in [0.05, 0.1) is 0 Å². The first-order valence-electron chi connectivity index (χ1n) is 10.8. The van der Waals surface area contributed by atoms with E-state index in [2.05, 4.69) is 37.5 Å². The van der Waals surface area contributed by atoms with Gasteiger partial charge in [-0.25, -0.2) is 9.07 Å². The largest absolute Gasteiger partial charge is 0.298 e. The van der Waals surface area contributed by atoms with Crippen molar-refractivity contribution in [2.75, 3.05) is 26.2 Å². The fourth-order valence-electron chi connectivity index (χ4n) is 4.89. The van der Waals surface area contributed by atoms with Gasteiger partial charge in [0.15, 0.2) is 5.82 Å². The Hall–Kier alpha value is -2.64. The third kappa shape index (κ3) is 3.87. The third-order valence-corrected chi connectivity index (χ3v) is 6.44. The van der Waals surface area contributed by atoms with E-state index in [0.29, 0.717) is 18.2 Å². The topological polar surface area (TPSA) is 50.1 Å². The lowest BCUT2D eigenvalue weighted by Gasteiger charge is -2.41. The zero-order valence-corrected chi connectivity index (χ0v) is 17.1. The Kier molecular flexibility index (Phi) is 5.55. The quantitative estimate of drug-likeness (QED) is 0.630. The molecule has 0 radical (unpaired) electrons. The van der Waals surface area contributed by atoms with Crippen LogP contribution in [0.4, 0.5) is 4.39 Å². The van der Waals surface area contributed by atoms with Crippen LogP contribution >= 0.6 is 0 Å². The monoisotopic (exact) mass is 406 g/mol. The highest BCUT2D eigenvalue weighted by Crippen LogP contribution is 2.33. The number of piperazine rings is 1. The van der Waals surface area contributed by atoms with Crippen molar-refractivity contribution in [3.63, 3.8) is 0 Å². The molecule has 156 valence electrons. The molecule has 7 heteroatoms. The van der Waals surface area contributed by atoms with Crippen LogP contribution in [-0.2, 0) is 13.0 Å². The first-order chi connectivity index (χ1) is 14.8. The van der Waals surface area contributed by atoms with Crippen molar-refractivity contribution in [1.82, 2.24) is 30.0 Å². The molecule has 0 amide bonds. The fourth-order valence-corrected chi connectivity index (χ4v) is 4.89. The van der Waals surface area contributed by atoms with Crippen LogP contribution in [0.5, 0.6) is 0 Å². The Morgan fingerprint density at radius 1 is 1.00 bits per heavy atom. The fraction of sp³-hybridized carbons (Fsp3) is 0.435. The molecule has 2 fully saturated rings. The Labute approximate surface area is 176 Å². The van der Waals surface area contributed by atoms with E-state index in [9.17, 15) is 4.39 Å². The third-order valence-electron chi connectivity index (χ3n) is 6.44. The molecule has 30 heavy (non-hydrogen) atoms. The van der Waals surface area contributed by atoms with Crippen molar-refractivity contribution in [1.29, 1.82) is 0 Å². The highest BCUT2D eigenvalue weighted by Gasteiger charge is 2.37. The highest BCUT2D eigenvalue weighted by atomic mass is 19.1. The molecule has 2 aromatic carbocycles. The van der Waals surface area contributed by atoms with Gasteiger partial charge in [-0.05, 0) is 47.9 Å². The number of fused-ring (bicyclic) bond motifs is 1. The molecule has 2 aliphatic heterocycles. The van der Waals surface area contributed by atoms with Crippen LogP contribution < -0.4 is 0 Å². The lowest BCUT2D eigenvalue weighted by molar-refractivity contribution is 0.0781. The second kappa shape index (κ2) is 8.62. The summed E-state index contributed by atoms with van der Waals surface area (Å²) in [4.78, 5) is 4.93. The molecule has 0 N–H and O–H groups in total. The van der Waals surface area contributed by atoms with Crippen LogP contribution in [0.1, 0.15) is 35.8 Å². The minimum absolute atomic E-state index is 0.200. The molecule has 2 aliphatic rings. The zero-order chi connectivity index (χ0) is 20.3. The van der Waals surface area contributed by atoms with Crippen LogP contribution in [-0.4, -0.2) is 62.2 Å². The van der Waals surface area contributed by atoms with Crippen molar-refractivity contribution in [2.45, 2.75) is 37.9 Å². The first-order valence-corrected chi connectivity index (χ1v) is 10.8. The summed E-state index contributed by atoms with van der Waals surface area (Å²) in [6.07, 6.45) is 3.29. The van der Waals surface area contributed by atoms with E-state index in [1.165, 1.54) is 31.0 Å². The number of aromatic nitrogens is 4. The van der Waals surface area contributed by atoms with Crippen molar-refractivity contribution >= 4 is 0 Å². The van der Waals surface area contributed by atoms with E-state index in [1.54, 1.807) is 6.07 Å². The zero-order valence-electron chi connectivity index (χ0n) is 17.1. The second-order valence-corrected chi connectivity index (χ2v) is 8.25. The molecule has 0 bridgehead atoms. The molecule has 5 rings (SSSR count). The maximum absolute atomic E-state index is 14.9. The first kappa shape index (κ1) is 19.3. The summed E-state index contributed by atoms with van der Waals surface area (Å²) in [7, 11) is 0. The Morgan fingerprint density at radius 3 is 2.70 bits per heavy atom. The van der Waals surface area contributed by atoms with Gasteiger partial charge in [-0.3, -0.25) is 9.80 Å². The molecule has 0 aliphatic carbocycles. The minimum atomic E-state index is -0.278. The Morgan fingerprint density at radius 2 is 1.83 bits per heavy atom. The number of benzene rings is 2. The van der Waals surface area contributed by atoms with Crippen molar-refractivity contribution in [3.8, 4) is 0 Å². The molecule has 6 nitrogen and oxygen atoms in total. The maximum Gasteiger partial charge on any atom is 0.173 e. The van der Waals surface area contributed by atoms with Crippen LogP contribution in [0.25, 0.3) is 0 Å². The molecule has 3 heterocycles. The van der Waals surface area contributed by atoms with Gasteiger partial charge in [0, 0.05) is 37.8 Å². The van der Waals surface area contributed by atoms with Crippen LogP contribution in [0.2, 0.25) is 0 Å². The van der Waals surface area contributed by atoms with Crippen molar-refractivity contribution in [3.05, 3.63) is 77.4 Å². The van der Waals surface area contributed by atoms with E-state index in [-0.39, 0.29) is 11.9 Å². The lowest BCUT2D eigenvalue weighted by atomic mass is 10.0. The maximum atomic E-state index is 14.9. The summed E-state index contributed by atoms with van der Waals surface area (Å²) in [6, 6.07) is 17.6. The molecule has 0 saturated carbocycles. The van der Waals surface area contributed by atoms with E-state index in [0.717, 1.165) is 31.9 Å². The molecule has 0 spiro atoms. The summed E-state index contributed by atoms with van der Waals surface area (Å²) in [5.74, 6) is 0.524. The van der Waals surface area contributed by atoms with Gasteiger partial charge in [0.1, 0.15) is 11.9 Å². The Balaban J connectivity index is 1.45. The molecule has 0 unspecified atom stereocenters. The normalized spacial score (nSPS) is 20.9. The van der Waals surface area contributed by atoms with Gasteiger partial charge in [-0.15, -0.1) is 5.10 Å². The number of halogens is 1. The molecule has 3 aromatic rings. The minimum Gasteiger partial charge on any atom is -0.298 e. The van der Waals surface area contributed by atoms with Crippen LogP contribution in [0.15, 0.2) is 54.6 Å². The van der Waals surface area contributed by atoms with Gasteiger partial charge in [-0.1, -0.05) is 48.5 Å². The molecule has 2 saturated heterocycles.